The van der Waals surface area contributed by atoms with E-state index in [0.29, 0.717) is 6.54 Å². The molecule has 0 aliphatic heterocycles. The second-order valence-electron chi connectivity index (χ2n) is 3.70. The number of unbranched alkanes of at least 4 members (excludes halogenated alkanes) is 3. The molecule has 16 heavy (non-hydrogen) atoms. The van der Waals surface area contributed by atoms with Gasteiger partial charge in [-0.05, 0) is 6.42 Å². The van der Waals surface area contributed by atoms with Gasteiger partial charge in [-0.1, -0.05) is 39.0 Å². The SMILES string of the molecule is CCCCCCNC(=O)C(CC(N)=O)NS. The van der Waals surface area contributed by atoms with Gasteiger partial charge in [0.05, 0.1) is 6.42 Å². The first-order valence-corrected chi connectivity index (χ1v) is 6.02. The van der Waals surface area contributed by atoms with E-state index in [9.17, 15) is 9.59 Å². The number of hydrogen-bond donors (Lipinski definition) is 4. The Morgan fingerprint density at radius 3 is 2.50 bits per heavy atom. The summed E-state index contributed by atoms with van der Waals surface area (Å²) in [5.41, 5.74) is 5.01. The lowest BCUT2D eigenvalue weighted by atomic mass is 10.2. The van der Waals surface area contributed by atoms with Crippen molar-refractivity contribution in [2.24, 2.45) is 5.73 Å². The minimum absolute atomic E-state index is 0.0374. The van der Waals surface area contributed by atoms with Crippen molar-refractivity contribution < 1.29 is 9.59 Å². The van der Waals surface area contributed by atoms with Gasteiger partial charge in [-0.2, -0.15) is 0 Å². The first-order valence-electron chi connectivity index (χ1n) is 5.57. The molecule has 6 heteroatoms. The van der Waals surface area contributed by atoms with E-state index >= 15 is 0 Å². The number of nitrogens with two attached hydrogens (primary N) is 1. The summed E-state index contributed by atoms with van der Waals surface area (Å²) < 4.78 is 2.47. The Bertz CT molecular complexity index is 224. The van der Waals surface area contributed by atoms with E-state index in [-0.39, 0.29) is 12.3 Å². The summed E-state index contributed by atoms with van der Waals surface area (Å²) in [6.45, 7) is 2.76. The van der Waals surface area contributed by atoms with Gasteiger partial charge in [0.2, 0.25) is 11.8 Å². The van der Waals surface area contributed by atoms with Crippen LogP contribution in [-0.4, -0.2) is 24.4 Å². The number of rotatable bonds is 9. The Kier molecular flexibility index (Phi) is 9.03. The molecule has 0 saturated heterocycles. The summed E-state index contributed by atoms with van der Waals surface area (Å²) in [5.74, 6) is -0.752. The highest BCUT2D eigenvalue weighted by Crippen LogP contribution is 1.98. The fraction of sp³-hybridized carbons (Fsp3) is 0.800. The molecular weight excluding hydrogens is 226 g/mol. The molecule has 1 unspecified atom stereocenters. The van der Waals surface area contributed by atoms with Crippen molar-refractivity contribution >= 4 is 24.6 Å². The number of primary amides is 1. The molecule has 0 aliphatic rings. The average Bonchev–Trinajstić information content (AvgIpc) is 2.25. The van der Waals surface area contributed by atoms with Gasteiger partial charge in [-0.25, -0.2) is 0 Å². The number of amides is 2. The molecule has 5 nitrogen and oxygen atoms in total. The second-order valence-corrected chi connectivity index (χ2v) is 3.96. The zero-order chi connectivity index (χ0) is 12.4. The van der Waals surface area contributed by atoms with E-state index < -0.39 is 11.9 Å². The first-order chi connectivity index (χ1) is 7.61. The van der Waals surface area contributed by atoms with Gasteiger partial charge in [0.25, 0.3) is 0 Å². The topological polar surface area (TPSA) is 84.2 Å². The molecule has 0 rings (SSSR count). The molecule has 0 aromatic heterocycles. The van der Waals surface area contributed by atoms with Crippen LogP contribution in [0.2, 0.25) is 0 Å². The van der Waals surface area contributed by atoms with E-state index in [1.165, 1.54) is 6.42 Å². The standard InChI is InChI=1S/C10H21N3O2S/c1-2-3-4-5-6-12-10(15)8(13-16)7-9(11)14/h8,13,16H,2-7H2,1H3,(H2,11,14)(H,12,15). The molecule has 0 aromatic rings. The van der Waals surface area contributed by atoms with Gasteiger partial charge >= 0.3 is 0 Å². The molecular formula is C10H21N3O2S. The lowest BCUT2D eigenvalue weighted by molar-refractivity contribution is -0.126. The van der Waals surface area contributed by atoms with Crippen molar-refractivity contribution in [2.75, 3.05) is 6.54 Å². The Balaban J connectivity index is 3.71. The Morgan fingerprint density at radius 1 is 1.31 bits per heavy atom. The summed E-state index contributed by atoms with van der Waals surface area (Å²) >= 11 is 3.79. The first kappa shape index (κ1) is 15.2. The van der Waals surface area contributed by atoms with E-state index in [4.69, 9.17) is 5.73 Å². The molecule has 0 spiro atoms. The van der Waals surface area contributed by atoms with Crippen molar-refractivity contribution in [3.8, 4) is 0 Å². The largest absolute Gasteiger partial charge is 0.370 e. The molecule has 4 N–H and O–H groups in total. The van der Waals surface area contributed by atoms with Crippen LogP contribution in [0.4, 0.5) is 0 Å². The minimum Gasteiger partial charge on any atom is -0.370 e. The maximum Gasteiger partial charge on any atom is 0.238 e. The van der Waals surface area contributed by atoms with Crippen LogP contribution < -0.4 is 15.8 Å². The summed E-state index contributed by atoms with van der Waals surface area (Å²) in [7, 11) is 0. The van der Waals surface area contributed by atoms with E-state index in [0.717, 1.165) is 19.3 Å². The molecule has 2 amide bonds. The highest BCUT2D eigenvalue weighted by Gasteiger charge is 2.18. The zero-order valence-electron chi connectivity index (χ0n) is 9.66. The predicted octanol–water partition coefficient (Wildman–Crippen LogP) is 0.361. The van der Waals surface area contributed by atoms with Gasteiger partial charge in [0, 0.05) is 6.54 Å². The Hall–Kier alpha value is -0.750. The van der Waals surface area contributed by atoms with Gasteiger partial charge in [-0.3, -0.25) is 14.3 Å². The third-order valence-corrected chi connectivity index (χ3v) is 2.52. The van der Waals surface area contributed by atoms with Gasteiger partial charge in [0.1, 0.15) is 6.04 Å². The highest BCUT2D eigenvalue weighted by molar-refractivity contribution is 7.78. The molecule has 0 heterocycles. The maximum absolute atomic E-state index is 11.5. The van der Waals surface area contributed by atoms with Crippen molar-refractivity contribution in [1.29, 1.82) is 0 Å². The Morgan fingerprint density at radius 2 is 2.00 bits per heavy atom. The number of hydrogen-bond acceptors (Lipinski definition) is 4. The fourth-order valence-corrected chi connectivity index (χ4v) is 1.49. The van der Waals surface area contributed by atoms with Gasteiger partial charge < -0.3 is 11.1 Å². The van der Waals surface area contributed by atoms with E-state index in [2.05, 4.69) is 29.8 Å². The fourth-order valence-electron chi connectivity index (χ4n) is 1.28. The van der Waals surface area contributed by atoms with Crippen molar-refractivity contribution in [1.82, 2.24) is 10.0 Å². The molecule has 0 saturated carbocycles. The highest BCUT2D eigenvalue weighted by atomic mass is 32.1. The molecule has 0 radical (unpaired) electrons. The third kappa shape index (κ3) is 7.53. The van der Waals surface area contributed by atoms with Crippen molar-refractivity contribution in [3.63, 3.8) is 0 Å². The van der Waals surface area contributed by atoms with Crippen LogP contribution in [0.15, 0.2) is 0 Å². The molecule has 1 atom stereocenters. The molecule has 0 aromatic carbocycles. The minimum atomic E-state index is -0.646. The molecule has 0 aliphatic carbocycles. The number of carbonyl (C=O) groups is 2. The van der Waals surface area contributed by atoms with Crippen LogP contribution in [0.3, 0.4) is 0 Å². The molecule has 0 bridgehead atoms. The Labute approximate surface area is 102 Å². The van der Waals surface area contributed by atoms with Crippen LogP contribution in [-0.2, 0) is 9.59 Å². The van der Waals surface area contributed by atoms with E-state index in [1.54, 1.807) is 0 Å². The average molecular weight is 247 g/mol. The molecule has 94 valence electrons. The lowest BCUT2D eigenvalue weighted by Crippen LogP contribution is -2.43. The second kappa shape index (κ2) is 9.47. The van der Waals surface area contributed by atoms with Crippen LogP contribution in [0.5, 0.6) is 0 Å². The normalized spacial score (nSPS) is 12.1. The van der Waals surface area contributed by atoms with Crippen molar-refractivity contribution in [3.05, 3.63) is 0 Å². The van der Waals surface area contributed by atoms with Crippen LogP contribution in [0, 0.1) is 0 Å². The predicted molar refractivity (Wildman–Crippen MR) is 66.9 cm³/mol. The van der Waals surface area contributed by atoms with Gasteiger partial charge in [-0.15, -0.1) is 0 Å². The quantitative estimate of drug-likeness (QED) is 0.351. The summed E-state index contributed by atoms with van der Waals surface area (Å²) in [6.07, 6.45) is 4.35. The van der Waals surface area contributed by atoms with Crippen LogP contribution >= 0.6 is 12.8 Å². The summed E-state index contributed by atoms with van der Waals surface area (Å²) in [4.78, 5) is 22.2. The maximum atomic E-state index is 11.5. The number of carbonyl (C=O) groups excluding carboxylic acids is 2. The van der Waals surface area contributed by atoms with E-state index in [1.807, 2.05) is 0 Å². The number of nitrogens with one attached hydrogen (secondary N) is 2. The summed E-state index contributed by atoms with van der Waals surface area (Å²) in [5, 5.41) is 2.74. The third-order valence-electron chi connectivity index (χ3n) is 2.21. The molecule has 0 fully saturated rings. The monoisotopic (exact) mass is 247 g/mol. The summed E-state index contributed by atoms with van der Waals surface area (Å²) in [6, 6.07) is -0.646. The zero-order valence-corrected chi connectivity index (χ0v) is 10.6. The number of thiol groups is 1. The van der Waals surface area contributed by atoms with Crippen molar-refractivity contribution in [2.45, 2.75) is 45.1 Å². The van der Waals surface area contributed by atoms with Gasteiger partial charge in [0.15, 0.2) is 0 Å². The smallest absolute Gasteiger partial charge is 0.238 e. The van der Waals surface area contributed by atoms with Crippen LogP contribution in [0.25, 0.3) is 0 Å². The van der Waals surface area contributed by atoms with Crippen LogP contribution in [0.1, 0.15) is 39.0 Å². The lowest BCUT2D eigenvalue weighted by Gasteiger charge is -2.13.